The van der Waals surface area contributed by atoms with Crippen molar-refractivity contribution in [2.24, 2.45) is 17.3 Å². The molecule has 1 aliphatic heterocycles. The average Bonchev–Trinajstić information content (AvgIpc) is 3.32. The van der Waals surface area contributed by atoms with E-state index in [1.807, 2.05) is 62.4 Å². The third kappa shape index (κ3) is 6.28. The zero-order valence-electron chi connectivity index (χ0n) is 25.3. The van der Waals surface area contributed by atoms with E-state index in [4.69, 9.17) is 4.74 Å². The van der Waals surface area contributed by atoms with E-state index in [1.54, 1.807) is 12.0 Å². The maximum absolute atomic E-state index is 14.3. The minimum atomic E-state index is -0.963. The van der Waals surface area contributed by atoms with E-state index in [2.05, 4.69) is 32.2 Å². The third-order valence-corrected chi connectivity index (χ3v) is 9.08. The molecular formula is C34H45N3O4. The summed E-state index contributed by atoms with van der Waals surface area (Å²) >= 11 is 0. The van der Waals surface area contributed by atoms with Crippen LogP contribution >= 0.6 is 0 Å². The molecule has 2 fully saturated rings. The molecular weight excluding hydrogens is 514 g/mol. The first-order valence-electron chi connectivity index (χ1n) is 14.8. The van der Waals surface area contributed by atoms with Crippen LogP contribution in [-0.4, -0.2) is 41.1 Å². The monoisotopic (exact) mass is 559 g/mol. The van der Waals surface area contributed by atoms with Gasteiger partial charge in [0, 0.05) is 30.0 Å². The van der Waals surface area contributed by atoms with Crippen LogP contribution in [0.3, 0.4) is 0 Å². The molecule has 7 nitrogen and oxygen atoms in total. The number of rotatable bonds is 8. The number of nitrogens with zero attached hydrogens (tertiary/aromatic N) is 2. The Morgan fingerprint density at radius 1 is 1.05 bits per heavy atom. The van der Waals surface area contributed by atoms with Gasteiger partial charge in [-0.3, -0.25) is 4.79 Å². The fraction of sp³-hybridized carbons (Fsp3) is 0.559. The van der Waals surface area contributed by atoms with Gasteiger partial charge in [0.2, 0.25) is 5.91 Å². The molecule has 1 aliphatic carbocycles. The Morgan fingerprint density at radius 2 is 1.71 bits per heavy atom. The Labute approximate surface area is 244 Å². The quantitative estimate of drug-likeness (QED) is 0.397. The van der Waals surface area contributed by atoms with Crippen molar-refractivity contribution in [2.45, 2.75) is 96.8 Å². The highest BCUT2D eigenvalue weighted by atomic mass is 16.5. The number of carboxylic acids is 1. The first kappa shape index (κ1) is 30.6. The van der Waals surface area contributed by atoms with Gasteiger partial charge in [-0.1, -0.05) is 76.4 Å². The van der Waals surface area contributed by atoms with Crippen molar-refractivity contribution in [3.05, 3.63) is 65.2 Å². The Hall–Kier alpha value is -3.37. The van der Waals surface area contributed by atoms with Crippen LogP contribution in [0.15, 0.2) is 48.5 Å². The maximum Gasteiger partial charge on any atom is 0.326 e. The smallest absolute Gasteiger partial charge is 0.326 e. The summed E-state index contributed by atoms with van der Waals surface area (Å²) in [5, 5.41) is 24.2. The lowest BCUT2D eigenvalue weighted by atomic mass is 9.72. The lowest BCUT2D eigenvalue weighted by Crippen LogP contribution is -2.49. The van der Waals surface area contributed by atoms with Crippen LogP contribution in [0.5, 0.6) is 5.75 Å². The number of nitrogens with one attached hydrogen (secondary N) is 1. The molecule has 0 spiro atoms. The highest BCUT2D eigenvalue weighted by Gasteiger charge is 2.58. The van der Waals surface area contributed by atoms with Crippen molar-refractivity contribution in [1.82, 2.24) is 10.2 Å². The number of methoxy groups -OCH3 is 1. The van der Waals surface area contributed by atoms with E-state index in [1.165, 1.54) is 0 Å². The fourth-order valence-electron chi connectivity index (χ4n) is 6.89. The zero-order chi connectivity index (χ0) is 29.9. The highest BCUT2D eigenvalue weighted by molar-refractivity contribution is 5.87. The summed E-state index contributed by atoms with van der Waals surface area (Å²) in [4.78, 5) is 29.0. The number of benzene rings is 2. The van der Waals surface area contributed by atoms with Gasteiger partial charge in [0.05, 0.1) is 24.6 Å². The van der Waals surface area contributed by atoms with E-state index in [0.717, 1.165) is 48.8 Å². The van der Waals surface area contributed by atoms with Gasteiger partial charge in [0.25, 0.3) is 0 Å². The van der Waals surface area contributed by atoms with Gasteiger partial charge in [-0.2, -0.15) is 5.26 Å². The SMILES string of the molecule is COc1ccc(C(C)(C)C#N)cc1CN[C@H]1[C@H](C(C)(C)C)[C@@H](C(=O)O)N(C(=O)C2CCCCC2)[C@H]1c1ccccc1. The van der Waals surface area contributed by atoms with Gasteiger partial charge >= 0.3 is 5.97 Å². The van der Waals surface area contributed by atoms with Gasteiger partial charge in [-0.25, -0.2) is 4.79 Å². The topological polar surface area (TPSA) is 103 Å². The summed E-state index contributed by atoms with van der Waals surface area (Å²) < 4.78 is 5.68. The summed E-state index contributed by atoms with van der Waals surface area (Å²) in [6.45, 7) is 10.4. The molecule has 1 heterocycles. The second kappa shape index (κ2) is 12.2. The lowest BCUT2D eigenvalue weighted by Gasteiger charge is -2.36. The van der Waals surface area contributed by atoms with E-state index in [-0.39, 0.29) is 23.8 Å². The van der Waals surface area contributed by atoms with Crippen molar-refractivity contribution in [3.63, 3.8) is 0 Å². The summed E-state index contributed by atoms with van der Waals surface area (Å²) in [6.07, 6.45) is 4.72. The number of likely N-dealkylation sites (tertiary alicyclic amines) is 1. The molecule has 0 unspecified atom stereocenters. The summed E-state index contributed by atoms with van der Waals surface area (Å²) in [6, 6.07) is 16.3. The van der Waals surface area contributed by atoms with Crippen LogP contribution in [0.4, 0.5) is 0 Å². The maximum atomic E-state index is 14.3. The van der Waals surface area contributed by atoms with Gasteiger partial charge in [-0.05, 0) is 55.4 Å². The van der Waals surface area contributed by atoms with Crippen molar-refractivity contribution >= 4 is 11.9 Å². The molecule has 2 aromatic rings. The first-order valence-corrected chi connectivity index (χ1v) is 14.8. The number of amides is 1. The van der Waals surface area contributed by atoms with Crippen LogP contribution in [0.25, 0.3) is 0 Å². The second-order valence-corrected chi connectivity index (χ2v) is 13.3. The van der Waals surface area contributed by atoms with Crippen LogP contribution < -0.4 is 10.1 Å². The van der Waals surface area contributed by atoms with E-state index in [0.29, 0.717) is 12.3 Å². The number of hydrogen-bond donors (Lipinski definition) is 2. The number of carbonyl (C=O) groups is 2. The Bertz CT molecular complexity index is 1270. The summed E-state index contributed by atoms with van der Waals surface area (Å²) in [5.74, 6) is -0.820. The van der Waals surface area contributed by atoms with Gasteiger partial charge in [0.15, 0.2) is 0 Å². The average molecular weight is 560 g/mol. The Balaban J connectivity index is 1.81. The van der Waals surface area contributed by atoms with Crippen molar-refractivity contribution in [3.8, 4) is 11.8 Å². The molecule has 2 N–H and O–H groups in total. The summed E-state index contributed by atoms with van der Waals surface area (Å²) in [5.41, 5.74) is 1.61. The number of aliphatic carboxylic acids is 1. The van der Waals surface area contributed by atoms with E-state index < -0.39 is 28.9 Å². The van der Waals surface area contributed by atoms with Crippen molar-refractivity contribution < 1.29 is 19.4 Å². The fourth-order valence-corrected chi connectivity index (χ4v) is 6.89. The number of carboxylic acid groups (broad SMARTS) is 1. The highest BCUT2D eigenvalue weighted by Crippen LogP contribution is 2.49. The molecule has 4 rings (SSSR count). The second-order valence-electron chi connectivity index (χ2n) is 13.3. The molecule has 41 heavy (non-hydrogen) atoms. The van der Waals surface area contributed by atoms with Gasteiger partial charge < -0.3 is 20.1 Å². The van der Waals surface area contributed by atoms with Crippen LogP contribution in [0.2, 0.25) is 0 Å². The normalized spacial score (nSPS) is 23.7. The number of nitriles is 1. The van der Waals surface area contributed by atoms with Gasteiger partial charge in [-0.15, -0.1) is 0 Å². The molecule has 0 aromatic heterocycles. The molecule has 0 radical (unpaired) electrons. The molecule has 1 amide bonds. The third-order valence-electron chi connectivity index (χ3n) is 9.08. The number of carbonyl (C=O) groups excluding carboxylic acids is 1. The molecule has 1 saturated heterocycles. The largest absolute Gasteiger partial charge is 0.496 e. The standard InChI is InChI=1S/C34H45N3O4/c1-33(2,3)27-28(36-20-24-19-25(34(4,5)21-35)17-18-26(24)41-6)29(22-13-9-7-10-14-22)37(30(27)32(39)40)31(38)23-15-11-8-12-16-23/h7,9-10,13-14,17-19,23,27-30,36H,8,11-12,15-16,20H2,1-6H3,(H,39,40)/t27-,28-,29-,30-/m0/s1. The van der Waals surface area contributed by atoms with Crippen LogP contribution in [-0.2, 0) is 21.5 Å². The Morgan fingerprint density at radius 3 is 2.27 bits per heavy atom. The zero-order valence-corrected chi connectivity index (χ0v) is 25.3. The molecule has 7 heteroatoms. The number of ether oxygens (including phenoxy) is 1. The van der Waals surface area contributed by atoms with Gasteiger partial charge in [0.1, 0.15) is 11.8 Å². The van der Waals surface area contributed by atoms with E-state index in [9.17, 15) is 20.0 Å². The first-order chi connectivity index (χ1) is 19.4. The molecule has 0 bridgehead atoms. The Kier molecular flexibility index (Phi) is 9.13. The van der Waals surface area contributed by atoms with E-state index >= 15 is 0 Å². The van der Waals surface area contributed by atoms with Crippen LogP contribution in [0.1, 0.15) is 89.5 Å². The minimum absolute atomic E-state index is 0.0418. The molecule has 2 aliphatic rings. The molecule has 2 aromatic carbocycles. The van der Waals surface area contributed by atoms with Crippen molar-refractivity contribution in [1.29, 1.82) is 5.26 Å². The predicted molar refractivity (Wildman–Crippen MR) is 159 cm³/mol. The minimum Gasteiger partial charge on any atom is -0.496 e. The molecule has 4 atom stereocenters. The molecule has 220 valence electrons. The van der Waals surface area contributed by atoms with Crippen LogP contribution in [0, 0.1) is 28.6 Å². The summed E-state index contributed by atoms with van der Waals surface area (Å²) in [7, 11) is 1.62. The number of hydrogen-bond acceptors (Lipinski definition) is 5. The lowest BCUT2D eigenvalue weighted by molar-refractivity contribution is -0.154. The molecule has 1 saturated carbocycles. The predicted octanol–water partition coefficient (Wildman–Crippen LogP) is 6.23. The van der Waals surface area contributed by atoms with Crippen molar-refractivity contribution in [2.75, 3.05) is 7.11 Å².